The normalized spacial score (nSPS) is 18.0. The molecule has 0 radical (unpaired) electrons. The molecule has 5 rings (SSSR count). The molecule has 0 aliphatic heterocycles. The van der Waals surface area contributed by atoms with E-state index in [1.165, 1.54) is 22.9 Å². The standard InChI is InChI=1S/C35H45N3O7S/c1-22-19-37-34(46-18-4-5-23(40)8-11-29(41)32(43)33(44)30(42)21-39)38-28(22)12-14-35(15-16-35)27-20-36-17-13-25(27)26-6-2-3-7-31(26)45-24-9-10-24/h2-3,6-7,13,17,19-20,24,29-30,32-33,39,41-44H,4-5,8-12,14-16,18,21H2,1H3/t29-,30+,32+,33+/m0/s1. The number of hydrogen-bond donors (Lipinski definition) is 5. The Hall–Kier alpha value is -2.93. The van der Waals surface area contributed by atoms with E-state index in [0.717, 1.165) is 61.1 Å². The number of benzene rings is 1. The van der Waals surface area contributed by atoms with E-state index in [0.29, 0.717) is 29.9 Å². The molecule has 0 bridgehead atoms. The number of para-hydroxylation sites is 1. The third-order valence-electron chi connectivity index (χ3n) is 9.01. The van der Waals surface area contributed by atoms with Crippen molar-refractivity contribution in [2.45, 2.75) is 112 Å². The number of aliphatic hydroxyl groups is 5. The summed E-state index contributed by atoms with van der Waals surface area (Å²) in [4.78, 5) is 26.2. The molecule has 3 aromatic rings. The van der Waals surface area contributed by atoms with Crippen molar-refractivity contribution in [2.24, 2.45) is 0 Å². The predicted octanol–water partition coefficient (Wildman–Crippen LogP) is 3.71. The van der Waals surface area contributed by atoms with Crippen LogP contribution >= 0.6 is 11.8 Å². The number of ketones is 1. The highest BCUT2D eigenvalue weighted by Gasteiger charge is 2.45. The van der Waals surface area contributed by atoms with Gasteiger partial charge < -0.3 is 30.3 Å². The number of thioether (sulfide) groups is 1. The molecule has 2 fully saturated rings. The fourth-order valence-corrected chi connectivity index (χ4v) is 6.53. The van der Waals surface area contributed by atoms with Gasteiger partial charge >= 0.3 is 0 Å². The van der Waals surface area contributed by atoms with Gasteiger partial charge in [0.25, 0.3) is 0 Å². The third-order valence-corrected chi connectivity index (χ3v) is 9.96. The Balaban J connectivity index is 1.12. The summed E-state index contributed by atoms with van der Waals surface area (Å²) >= 11 is 1.51. The molecular weight excluding hydrogens is 606 g/mol. The number of carbonyl (C=O) groups is 1. The fourth-order valence-electron chi connectivity index (χ4n) is 5.75. The molecule has 0 unspecified atom stereocenters. The van der Waals surface area contributed by atoms with Crippen LogP contribution in [0.3, 0.4) is 0 Å². The van der Waals surface area contributed by atoms with E-state index >= 15 is 0 Å². The van der Waals surface area contributed by atoms with E-state index in [2.05, 4.69) is 34.2 Å². The summed E-state index contributed by atoms with van der Waals surface area (Å²) in [7, 11) is 0. The Morgan fingerprint density at radius 2 is 1.78 bits per heavy atom. The Morgan fingerprint density at radius 1 is 1.02 bits per heavy atom. The molecule has 5 N–H and O–H groups in total. The second kappa shape index (κ2) is 15.8. The number of aryl methyl sites for hydroxylation is 2. The van der Waals surface area contributed by atoms with E-state index in [-0.39, 0.29) is 24.0 Å². The predicted molar refractivity (Wildman–Crippen MR) is 175 cm³/mol. The maximum atomic E-state index is 12.3. The Morgan fingerprint density at radius 3 is 2.52 bits per heavy atom. The van der Waals surface area contributed by atoms with Crippen LogP contribution in [-0.4, -0.2) is 89.1 Å². The molecule has 248 valence electrons. The van der Waals surface area contributed by atoms with Crippen molar-refractivity contribution in [3.8, 4) is 16.9 Å². The average Bonchev–Trinajstić information content (AvgIpc) is 4.02. The number of carbonyl (C=O) groups excluding carboxylic acids is 1. The molecule has 11 heteroatoms. The quantitative estimate of drug-likeness (QED) is 0.0729. The summed E-state index contributed by atoms with van der Waals surface area (Å²) in [5, 5.41) is 48.7. The van der Waals surface area contributed by atoms with Gasteiger partial charge in [0.2, 0.25) is 0 Å². The lowest BCUT2D eigenvalue weighted by Gasteiger charge is -2.25. The van der Waals surface area contributed by atoms with Crippen molar-refractivity contribution in [3.63, 3.8) is 0 Å². The molecule has 1 aromatic carbocycles. The number of aromatic nitrogens is 3. The fraction of sp³-hybridized carbons (Fsp3) is 0.543. The topological polar surface area (TPSA) is 166 Å². The molecule has 4 atom stereocenters. The largest absolute Gasteiger partial charge is 0.490 e. The van der Waals surface area contributed by atoms with E-state index in [4.69, 9.17) is 14.8 Å². The van der Waals surface area contributed by atoms with Crippen LogP contribution in [0.25, 0.3) is 11.1 Å². The van der Waals surface area contributed by atoms with Gasteiger partial charge in [-0.15, -0.1) is 0 Å². The zero-order chi connectivity index (χ0) is 32.7. The van der Waals surface area contributed by atoms with E-state index in [1.807, 2.05) is 31.6 Å². The highest BCUT2D eigenvalue weighted by molar-refractivity contribution is 7.99. The Labute approximate surface area is 274 Å². The molecule has 2 aliphatic rings. The molecule has 2 aromatic heterocycles. The lowest BCUT2D eigenvalue weighted by atomic mass is 9.85. The summed E-state index contributed by atoms with van der Waals surface area (Å²) in [6, 6.07) is 10.4. The number of rotatable bonds is 19. The minimum absolute atomic E-state index is 0.0372. The van der Waals surface area contributed by atoms with Gasteiger partial charge in [-0.3, -0.25) is 9.78 Å². The molecular formula is C35H45N3O7S. The highest BCUT2D eigenvalue weighted by atomic mass is 32.2. The number of nitrogens with zero attached hydrogens (tertiary/aromatic N) is 3. The van der Waals surface area contributed by atoms with Crippen LogP contribution in [0.5, 0.6) is 5.75 Å². The van der Waals surface area contributed by atoms with Crippen LogP contribution in [0.1, 0.15) is 74.6 Å². The zero-order valence-electron chi connectivity index (χ0n) is 26.3. The molecule has 2 heterocycles. The van der Waals surface area contributed by atoms with Gasteiger partial charge in [-0.05, 0) is 92.5 Å². The maximum absolute atomic E-state index is 12.3. The first-order valence-corrected chi connectivity index (χ1v) is 17.2. The third kappa shape index (κ3) is 8.90. The summed E-state index contributed by atoms with van der Waals surface area (Å²) < 4.78 is 6.26. The van der Waals surface area contributed by atoms with Crippen molar-refractivity contribution in [1.29, 1.82) is 0 Å². The molecule has 10 nitrogen and oxygen atoms in total. The number of hydrogen-bond acceptors (Lipinski definition) is 11. The van der Waals surface area contributed by atoms with Crippen molar-refractivity contribution in [1.82, 2.24) is 15.0 Å². The van der Waals surface area contributed by atoms with Gasteiger partial charge in [0.1, 0.15) is 29.8 Å². The van der Waals surface area contributed by atoms with Gasteiger partial charge in [-0.25, -0.2) is 9.97 Å². The molecule has 0 spiro atoms. The van der Waals surface area contributed by atoms with Crippen molar-refractivity contribution >= 4 is 17.5 Å². The average molecular weight is 652 g/mol. The monoisotopic (exact) mass is 651 g/mol. The number of Topliss-reactive ketones (excluding diaryl/α,β-unsaturated/α-hetero) is 1. The second-order valence-corrected chi connectivity index (χ2v) is 13.7. The summed E-state index contributed by atoms with van der Waals surface area (Å²) in [5.74, 6) is 1.53. The van der Waals surface area contributed by atoms with Crippen LogP contribution in [0.2, 0.25) is 0 Å². The minimum atomic E-state index is -1.69. The second-order valence-electron chi connectivity index (χ2n) is 12.6. The van der Waals surface area contributed by atoms with Gasteiger partial charge in [-0.1, -0.05) is 30.0 Å². The van der Waals surface area contributed by atoms with E-state index < -0.39 is 31.0 Å². The van der Waals surface area contributed by atoms with Crippen LogP contribution in [-0.2, 0) is 16.6 Å². The first kappa shape index (κ1) is 34.4. The number of ether oxygens (including phenoxy) is 1. The minimum Gasteiger partial charge on any atom is -0.490 e. The lowest BCUT2D eigenvalue weighted by molar-refractivity contribution is -0.125. The van der Waals surface area contributed by atoms with Gasteiger partial charge in [0.15, 0.2) is 5.16 Å². The van der Waals surface area contributed by atoms with Gasteiger partial charge in [0.05, 0.1) is 18.8 Å². The first-order chi connectivity index (χ1) is 22.2. The first-order valence-electron chi connectivity index (χ1n) is 16.2. The lowest BCUT2D eigenvalue weighted by Crippen LogP contribution is -2.45. The van der Waals surface area contributed by atoms with Gasteiger partial charge in [-0.2, -0.15) is 0 Å². The van der Waals surface area contributed by atoms with E-state index in [1.54, 1.807) is 0 Å². The smallest absolute Gasteiger partial charge is 0.187 e. The molecule has 0 saturated heterocycles. The van der Waals surface area contributed by atoms with Crippen LogP contribution in [0.4, 0.5) is 0 Å². The molecule has 2 saturated carbocycles. The van der Waals surface area contributed by atoms with Crippen molar-refractivity contribution in [2.75, 3.05) is 12.4 Å². The van der Waals surface area contributed by atoms with Crippen LogP contribution in [0.15, 0.2) is 54.1 Å². The Bertz CT molecular complexity index is 1470. The van der Waals surface area contributed by atoms with Crippen LogP contribution < -0.4 is 4.74 Å². The van der Waals surface area contributed by atoms with Crippen molar-refractivity contribution in [3.05, 3.63) is 65.7 Å². The highest BCUT2D eigenvalue weighted by Crippen LogP contribution is 2.54. The SMILES string of the molecule is Cc1cnc(SCCCC(=O)CC[C@H](O)[C@@H](O)[C@H](O)[C@H](O)CO)nc1CCC1(c2cnccc2-c2ccccc2OC2CC2)CC1. The number of pyridine rings is 1. The van der Waals surface area contributed by atoms with Gasteiger partial charge in [0, 0.05) is 48.4 Å². The molecule has 46 heavy (non-hydrogen) atoms. The van der Waals surface area contributed by atoms with Crippen molar-refractivity contribution < 1.29 is 35.1 Å². The molecule has 0 amide bonds. The summed E-state index contributed by atoms with van der Waals surface area (Å²) in [5.41, 5.74) is 5.73. The number of aliphatic hydroxyl groups excluding tert-OH is 5. The summed E-state index contributed by atoms with van der Waals surface area (Å²) in [6.07, 6.45) is 6.93. The zero-order valence-corrected chi connectivity index (χ0v) is 27.1. The van der Waals surface area contributed by atoms with Crippen LogP contribution in [0, 0.1) is 6.92 Å². The molecule has 2 aliphatic carbocycles. The summed E-state index contributed by atoms with van der Waals surface area (Å²) in [6.45, 7) is 1.30. The maximum Gasteiger partial charge on any atom is 0.187 e. The Kier molecular flexibility index (Phi) is 11.8. The van der Waals surface area contributed by atoms with E-state index in [9.17, 15) is 25.2 Å².